The minimum absolute atomic E-state index is 0.252. The number of rotatable bonds is 9. The molecular formula is C29H29N7O2. The second-order valence-corrected chi connectivity index (χ2v) is 8.86. The summed E-state index contributed by atoms with van der Waals surface area (Å²) < 4.78 is 0. The Morgan fingerprint density at radius 2 is 1.71 bits per heavy atom. The highest BCUT2D eigenvalue weighted by Crippen LogP contribution is 2.23. The summed E-state index contributed by atoms with van der Waals surface area (Å²) in [5.41, 5.74) is 5.05. The number of amides is 2. The number of carbonyl (C=O) groups is 2. The Morgan fingerprint density at radius 3 is 2.45 bits per heavy atom. The van der Waals surface area contributed by atoms with Gasteiger partial charge < -0.3 is 20.9 Å². The Balaban J connectivity index is 1.37. The van der Waals surface area contributed by atoms with Crippen LogP contribution >= 0.6 is 0 Å². The molecule has 9 nitrogen and oxygen atoms in total. The van der Waals surface area contributed by atoms with Crippen LogP contribution in [-0.4, -0.2) is 52.3 Å². The van der Waals surface area contributed by atoms with E-state index in [9.17, 15) is 9.59 Å². The summed E-state index contributed by atoms with van der Waals surface area (Å²) in [6, 6.07) is 17.9. The smallest absolute Gasteiger partial charge is 0.255 e. The first kappa shape index (κ1) is 26.2. The minimum Gasteiger partial charge on any atom is -0.324 e. The predicted molar refractivity (Wildman–Crippen MR) is 150 cm³/mol. The van der Waals surface area contributed by atoms with Crippen molar-refractivity contribution in [3.8, 4) is 11.3 Å². The van der Waals surface area contributed by atoms with Gasteiger partial charge in [-0.15, -0.1) is 0 Å². The molecule has 192 valence electrons. The van der Waals surface area contributed by atoms with E-state index >= 15 is 0 Å². The molecule has 0 unspecified atom stereocenters. The second-order valence-electron chi connectivity index (χ2n) is 8.86. The van der Waals surface area contributed by atoms with Gasteiger partial charge in [-0.2, -0.15) is 0 Å². The molecule has 0 spiro atoms. The second kappa shape index (κ2) is 12.4. The summed E-state index contributed by atoms with van der Waals surface area (Å²) in [7, 11) is 3.85. The maximum Gasteiger partial charge on any atom is 0.255 e. The first-order valence-corrected chi connectivity index (χ1v) is 12.0. The maximum atomic E-state index is 12.8. The molecule has 2 heterocycles. The third kappa shape index (κ3) is 7.31. The molecule has 0 fully saturated rings. The highest BCUT2D eigenvalue weighted by atomic mass is 16.2. The van der Waals surface area contributed by atoms with Crippen molar-refractivity contribution < 1.29 is 9.59 Å². The summed E-state index contributed by atoms with van der Waals surface area (Å²) >= 11 is 0. The van der Waals surface area contributed by atoms with Crippen molar-refractivity contribution in [2.45, 2.75) is 6.92 Å². The molecule has 0 aliphatic rings. The fourth-order valence-corrected chi connectivity index (χ4v) is 3.56. The maximum absolute atomic E-state index is 12.8. The van der Waals surface area contributed by atoms with Crippen LogP contribution in [0.2, 0.25) is 0 Å². The van der Waals surface area contributed by atoms with Gasteiger partial charge in [-0.1, -0.05) is 12.1 Å². The topological polar surface area (TPSA) is 112 Å². The van der Waals surface area contributed by atoms with E-state index in [1.807, 2.05) is 50.2 Å². The number of anilines is 4. The molecule has 2 aromatic heterocycles. The van der Waals surface area contributed by atoms with E-state index in [-0.39, 0.29) is 11.8 Å². The lowest BCUT2D eigenvalue weighted by molar-refractivity contribution is -0.111. The molecule has 4 rings (SSSR count). The molecule has 2 amide bonds. The van der Waals surface area contributed by atoms with Gasteiger partial charge in [0, 0.05) is 59.4 Å². The number of aryl methyl sites for hydroxylation is 1. The number of likely N-dealkylation sites (N-methyl/N-ethyl adjacent to an activating group) is 1. The third-order valence-corrected chi connectivity index (χ3v) is 5.44. The average molecular weight is 508 g/mol. The monoisotopic (exact) mass is 507 g/mol. The van der Waals surface area contributed by atoms with Crippen molar-refractivity contribution in [2.24, 2.45) is 0 Å². The SMILES string of the molecule is Cc1cnc(Nc2ccc(NC(=O)c3cccc(NC(=O)/C=C/CN(C)C)c3)cc2)nc1-c1cccnc1. The molecule has 0 radical (unpaired) electrons. The number of nitrogens with one attached hydrogen (secondary N) is 3. The van der Waals surface area contributed by atoms with Crippen LogP contribution in [0.1, 0.15) is 15.9 Å². The molecular weight excluding hydrogens is 478 g/mol. The van der Waals surface area contributed by atoms with Crippen LogP contribution in [0.25, 0.3) is 11.3 Å². The van der Waals surface area contributed by atoms with E-state index in [0.29, 0.717) is 29.4 Å². The van der Waals surface area contributed by atoms with Crippen molar-refractivity contribution in [1.82, 2.24) is 19.9 Å². The zero-order valence-corrected chi connectivity index (χ0v) is 21.5. The number of pyridine rings is 1. The number of nitrogens with zero attached hydrogens (tertiary/aromatic N) is 4. The quantitative estimate of drug-likeness (QED) is 0.276. The van der Waals surface area contributed by atoms with Crippen LogP contribution < -0.4 is 16.0 Å². The molecule has 9 heteroatoms. The van der Waals surface area contributed by atoms with Gasteiger partial charge in [0.2, 0.25) is 11.9 Å². The summed E-state index contributed by atoms with van der Waals surface area (Å²) in [5, 5.41) is 8.85. The molecule has 4 aromatic rings. The number of carbonyl (C=O) groups excluding carboxylic acids is 2. The van der Waals surface area contributed by atoms with E-state index in [2.05, 4.69) is 30.9 Å². The molecule has 0 aliphatic carbocycles. The number of aromatic nitrogens is 3. The van der Waals surface area contributed by atoms with Crippen LogP contribution in [0.4, 0.5) is 23.0 Å². The van der Waals surface area contributed by atoms with Gasteiger partial charge in [0.05, 0.1) is 5.69 Å². The highest BCUT2D eigenvalue weighted by molar-refractivity contribution is 6.06. The molecule has 0 saturated carbocycles. The first-order chi connectivity index (χ1) is 18.4. The molecule has 3 N–H and O–H groups in total. The first-order valence-electron chi connectivity index (χ1n) is 12.0. The highest BCUT2D eigenvalue weighted by Gasteiger charge is 2.10. The Labute approximate surface area is 221 Å². The summed E-state index contributed by atoms with van der Waals surface area (Å²) in [4.78, 5) is 40.0. The van der Waals surface area contributed by atoms with Gasteiger partial charge in [-0.05, 0) is 81.2 Å². The van der Waals surface area contributed by atoms with Crippen LogP contribution in [-0.2, 0) is 4.79 Å². The van der Waals surface area contributed by atoms with E-state index in [1.165, 1.54) is 6.08 Å². The van der Waals surface area contributed by atoms with Gasteiger partial charge in [0.1, 0.15) is 0 Å². The third-order valence-electron chi connectivity index (χ3n) is 5.44. The minimum atomic E-state index is -0.284. The van der Waals surface area contributed by atoms with Gasteiger partial charge in [0.25, 0.3) is 5.91 Å². The fourth-order valence-electron chi connectivity index (χ4n) is 3.56. The van der Waals surface area contributed by atoms with Gasteiger partial charge in [0.15, 0.2) is 0 Å². The molecule has 0 atom stereocenters. The lowest BCUT2D eigenvalue weighted by Crippen LogP contribution is -2.14. The zero-order valence-electron chi connectivity index (χ0n) is 21.5. The zero-order chi connectivity index (χ0) is 26.9. The largest absolute Gasteiger partial charge is 0.324 e. The van der Waals surface area contributed by atoms with E-state index < -0.39 is 0 Å². The Hall–Kier alpha value is -4.89. The lowest BCUT2D eigenvalue weighted by atomic mass is 10.1. The summed E-state index contributed by atoms with van der Waals surface area (Å²) in [6.45, 7) is 2.62. The molecule has 2 aromatic carbocycles. The van der Waals surface area contributed by atoms with Crippen LogP contribution in [0.5, 0.6) is 0 Å². The van der Waals surface area contributed by atoms with Crippen LogP contribution in [0.15, 0.2) is 91.4 Å². The number of hydrogen-bond donors (Lipinski definition) is 3. The van der Waals surface area contributed by atoms with Crippen molar-refractivity contribution >= 4 is 34.8 Å². The lowest BCUT2D eigenvalue weighted by Gasteiger charge is -2.10. The summed E-state index contributed by atoms with van der Waals surface area (Å²) in [6.07, 6.45) is 8.51. The number of hydrogen-bond acceptors (Lipinski definition) is 7. The molecule has 0 aliphatic heterocycles. The normalized spacial score (nSPS) is 10.9. The van der Waals surface area contributed by atoms with Crippen LogP contribution in [0.3, 0.4) is 0 Å². The van der Waals surface area contributed by atoms with Crippen molar-refractivity contribution in [3.63, 3.8) is 0 Å². The Kier molecular flexibility index (Phi) is 8.53. The van der Waals surface area contributed by atoms with E-state index in [4.69, 9.17) is 0 Å². The van der Waals surface area contributed by atoms with E-state index in [0.717, 1.165) is 22.5 Å². The Bertz CT molecular complexity index is 1440. The Morgan fingerprint density at radius 1 is 0.921 bits per heavy atom. The van der Waals surface area contributed by atoms with Crippen LogP contribution in [0, 0.1) is 6.92 Å². The van der Waals surface area contributed by atoms with Gasteiger partial charge in [-0.25, -0.2) is 9.97 Å². The van der Waals surface area contributed by atoms with E-state index in [1.54, 1.807) is 61.1 Å². The predicted octanol–water partition coefficient (Wildman–Crippen LogP) is 4.90. The van der Waals surface area contributed by atoms with Crippen molar-refractivity contribution in [3.05, 3.63) is 103 Å². The average Bonchev–Trinajstić information content (AvgIpc) is 2.91. The van der Waals surface area contributed by atoms with Gasteiger partial charge in [-0.3, -0.25) is 14.6 Å². The van der Waals surface area contributed by atoms with Crippen molar-refractivity contribution in [2.75, 3.05) is 36.6 Å². The summed E-state index contributed by atoms with van der Waals surface area (Å²) in [5.74, 6) is -0.0767. The molecule has 38 heavy (non-hydrogen) atoms. The molecule has 0 bridgehead atoms. The van der Waals surface area contributed by atoms with Crippen molar-refractivity contribution in [1.29, 1.82) is 0 Å². The van der Waals surface area contributed by atoms with Gasteiger partial charge >= 0.3 is 0 Å². The standard InChI is InChI=1S/C29H29N7O2/c1-20-18-31-29(35-27(20)22-8-5-15-30-19-22)34-24-13-11-23(12-14-24)33-28(38)21-7-4-9-25(17-21)32-26(37)10-6-16-36(2)3/h4-15,17-19H,16H2,1-3H3,(H,32,37)(H,33,38)(H,31,34,35)/b10-6+. The number of benzene rings is 2. The fraction of sp³-hybridized carbons (Fsp3) is 0.138. The molecule has 0 saturated heterocycles.